The molecule has 4 heteroatoms. The minimum absolute atomic E-state index is 0. The van der Waals surface area contributed by atoms with Crippen molar-refractivity contribution < 1.29 is 4.74 Å². The minimum atomic E-state index is 0. The van der Waals surface area contributed by atoms with E-state index in [1.807, 2.05) is 0 Å². The van der Waals surface area contributed by atoms with Crippen LogP contribution in [0.4, 0.5) is 0 Å². The van der Waals surface area contributed by atoms with Gasteiger partial charge in [0.15, 0.2) is 0 Å². The van der Waals surface area contributed by atoms with Crippen molar-refractivity contribution in [1.29, 1.82) is 0 Å². The summed E-state index contributed by atoms with van der Waals surface area (Å²) in [5, 5.41) is 3.40. The van der Waals surface area contributed by atoms with Crippen molar-refractivity contribution in [3.05, 3.63) is 0 Å². The van der Waals surface area contributed by atoms with Crippen LogP contribution in [-0.2, 0) is 4.74 Å². The number of halogens is 1. The zero-order chi connectivity index (χ0) is 12.6. The molecule has 2 aliphatic rings. The van der Waals surface area contributed by atoms with E-state index in [0.29, 0.717) is 12.1 Å². The molecular formula is C15H31ClN2O. The van der Waals surface area contributed by atoms with E-state index in [4.69, 9.17) is 4.74 Å². The number of likely N-dealkylation sites (tertiary alicyclic amines) is 1. The molecule has 19 heavy (non-hydrogen) atoms. The number of nitrogens with zero attached hydrogens (tertiary/aromatic N) is 1. The van der Waals surface area contributed by atoms with Gasteiger partial charge in [-0.05, 0) is 39.3 Å². The van der Waals surface area contributed by atoms with Crippen molar-refractivity contribution in [2.24, 2.45) is 0 Å². The van der Waals surface area contributed by atoms with Crippen molar-refractivity contribution in [3.8, 4) is 0 Å². The molecular weight excluding hydrogens is 260 g/mol. The van der Waals surface area contributed by atoms with Crippen LogP contribution in [0.5, 0.6) is 0 Å². The van der Waals surface area contributed by atoms with Crippen LogP contribution < -0.4 is 5.32 Å². The van der Waals surface area contributed by atoms with E-state index in [2.05, 4.69) is 17.3 Å². The smallest absolute Gasteiger partial charge is 0.0597 e. The molecule has 1 heterocycles. The molecule has 1 aliphatic heterocycles. The van der Waals surface area contributed by atoms with Gasteiger partial charge in [0.1, 0.15) is 0 Å². The minimum Gasteiger partial charge on any atom is -0.377 e. The number of hydrogen-bond donors (Lipinski definition) is 1. The Morgan fingerprint density at radius 3 is 2.47 bits per heavy atom. The molecule has 1 saturated carbocycles. The largest absolute Gasteiger partial charge is 0.377 e. The quantitative estimate of drug-likeness (QED) is 0.788. The van der Waals surface area contributed by atoms with Crippen LogP contribution in [0.15, 0.2) is 0 Å². The second-order valence-electron chi connectivity index (χ2n) is 5.91. The van der Waals surface area contributed by atoms with Crippen LogP contribution in [0.2, 0.25) is 0 Å². The van der Waals surface area contributed by atoms with Crippen LogP contribution >= 0.6 is 12.4 Å². The summed E-state index contributed by atoms with van der Waals surface area (Å²) in [6.45, 7) is 4.51. The molecule has 0 spiro atoms. The van der Waals surface area contributed by atoms with Gasteiger partial charge in [0.05, 0.1) is 12.7 Å². The Kier molecular flexibility index (Phi) is 9.04. The van der Waals surface area contributed by atoms with E-state index in [-0.39, 0.29) is 12.4 Å². The fourth-order valence-corrected chi connectivity index (χ4v) is 3.25. The van der Waals surface area contributed by atoms with Gasteiger partial charge in [0.25, 0.3) is 0 Å². The average Bonchev–Trinajstić information content (AvgIpc) is 2.68. The summed E-state index contributed by atoms with van der Waals surface area (Å²) in [7, 11) is 2.08. The molecule has 3 nitrogen and oxygen atoms in total. The van der Waals surface area contributed by atoms with Crippen molar-refractivity contribution in [3.63, 3.8) is 0 Å². The number of rotatable bonds is 5. The van der Waals surface area contributed by atoms with Gasteiger partial charge in [-0.3, -0.25) is 4.90 Å². The lowest BCUT2D eigenvalue weighted by molar-refractivity contribution is 0.0243. The average molecular weight is 291 g/mol. The molecule has 1 atom stereocenters. The summed E-state index contributed by atoms with van der Waals surface area (Å²) in [5.41, 5.74) is 0. The number of piperidine rings is 1. The van der Waals surface area contributed by atoms with E-state index in [1.54, 1.807) is 0 Å². The number of ether oxygens (including phenoxy) is 1. The molecule has 2 rings (SSSR count). The van der Waals surface area contributed by atoms with Crippen molar-refractivity contribution >= 4 is 12.4 Å². The van der Waals surface area contributed by atoms with Crippen molar-refractivity contribution in [2.75, 3.05) is 33.3 Å². The van der Waals surface area contributed by atoms with Crippen LogP contribution in [0, 0.1) is 0 Å². The normalized spacial score (nSPS) is 26.7. The highest BCUT2D eigenvalue weighted by Crippen LogP contribution is 2.19. The second kappa shape index (κ2) is 9.98. The molecule has 1 aliphatic carbocycles. The second-order valence-corrected chi connectivity index (χ2v) is 5.91. The van der Waals surface area contributed by atoms with Crippen LogP contribution in [0.3, 0.4) is 0 Å². The highest BCUT2D eigenvalue weighted by molar-refractivity contribution is 5.85. The lowest BCUT2D eigenvalue weighted by Gasteiger charge is -2.32. The van der Waals surface area contributed by atoms with Crippen LogP contribution in [0.1, 0.15) is 51.4 Å². The third-order valence-corrected chi connectivity index (χ3v) is 4.48. The summed E-state index contributed by atoms with van der Waals surface area (Å²) in [4.78, 5) is 2.56. The Hall–Kier alpha value is 0.170. The molecule has 0 aromatic carbocycles. The lowest BCUT2D eigenvalue weighted by Crippen LogP contribution is -2.45. The van der Waals surface area contributed by atoms with E-state index >= 15 is 0 Å². The van der Waals surface area contributed by atoms with Gasteiger partial charge in [-0.25, -0.2) is 0 Å². The molecule has 0 bridgehead atoms. The number of likely N-dealkylation sites (N-methyl/N-ethyl adjacent to an activating group) is 1. The van der Waals surface area contributed by atoms with Crippen LogP contribution in [0.25, 0.3) is 0 Å². The third kappa shape index (κ3) is 6.44. The first kappa shape index (κ1) is 17.2. The van der Waals surface area contributed by atoms with Crippen molar-refractivity contribution in [1.82, 2.24) is 10.2 Å². The Morgan fingerprint density at radius 2 is 1.79 bits per heavy atom. The summed E-state index contributed by atoms with van der Waals surface area (Å²) < 4.78 is 6.07. The summed E-state index contributed by atoms with van der Waals surface area (Å²) in [5.74, 6) is 0. The van der Waals surface area contributed by atoms with E-state index in [9.17, 15) is 0 Å². The Morgan fingerprint density at radius 1 is 1.05 bits per heavy atom. The van der Waals surface area contributed by atoms with E-state index in [0.717, 1.165) is 13.2 Å². The lowest BCUT2D eigenvalue weighted by atomic mass is 10.1. The first-order chi connectivity index (χ1) is 8.88. The maximum atomic E-state index is 6.07. The standard InChI is InChI=1S/C15H30N2O.ClH/c1-16-14-7-6-10-17(13-14)11-12-18-15-8-4-2-3-5-9-15;/h14-16H,2-13H2,1H3;1H. The SMILES string of the molecule is CNC1CCCN(CCOC2CCCCCC2)C1.Cl. The summed E-state index contributed by atoms with van der Waals surface area (Å²) in [6.07, 6.45) is 11.4. The molecule has 114 valence electrons. The van der Waals surface area contributed by atoms with Gasteiger partial charge in [-0.2, -0.15) is 0 Å². The predicted octanol–water partition coefficient (Wildman–Crippen LogP) is 2.83. The first-order valence-corrected chi connectivity index (χ1v) is 7.89. The van der Waals surface area contributed by atoms with E-state index in [1.165, 1.54) is 64.5 Å². The molecule has 1 saturated heterocycles. The third-order valence-electron chi connectivity index (χ3n) is 4.48. The Balaban J connectivity index is 0.00000180. The molecule has 0 aromatic heterocycles. The molecule has 1 N–H and O–H groups in total. The summed E-state index contributed by atoms with van der Waals surface area (Å²) >= 11 is 0. The Bertz CT molecular complexity index is 220. The monoisotopic (exact) mass is 290 g/mol. The maximum absolute atomic E-state index is 6.07. The number of nitrogens with one attached hydrogen (secondary N) is 1. The van der Waals surface area contributed by atoms with Gasteiger partial charge in [0.2, 0.25) is 0 Å². The molecule has 2 fully saturated rings. The van der Waals surface area contributed by atoms with Crippen LogP contribution in [-0.4, -0.2) is 50.3 Å². The maximum Gasteiger partial charge on any atom is 0.0597 e. The topological polar surface area (TPSA) is 24.5 Å². The van der Waals surface area contributed by atoms with E-state index < -0.39 is 0 Å². The molecule has 0 amide bonds. The first-order valence-electron chi connectivity index (χ1n) is 7.89. The number of hydrogen-bond acceptors (Lipinski definition) is 3. The van der Waals surface area contributed by atoms with Crippen molar-refractivity contribution in [2.45, 2.75) is 63.5 Å². The molecule has 0 radical (unpaired) electrons. The fraction of sp³-hybridized carbons (Fsp3) is 1.00. The van der Waals surface area contributed by atoms with Gasteiger partial charge in [-0.15, -0.1) is 12.4 Å². The molecule has 1 unspecified atom stereocenters. The van der Waals surface area contributed by atoms with Gasteiger partial charge >= 0.3 is 0 Å². The zero-order valence-corrected chi connectivity index (χ0v) is 13.2. The zero-order valence-electron chi connectivity index (χ0n) is 12.4. The van der Waals surface area contributed by atoms with Gasteiger partial charge < -0.3 is 10.1 Å². The fourth-order valence-electron chi connectivity index (χ4n) is 3.25. The molecule has 0 aromatic rings. The summed E-state index contributed by atoms with van der Waals surface area (Å²) in [6, 6.07) is 0.691. The highest BCUT2D eigenvalue weighted by Gasteiger charge is 2.18. The highest BCUT2D eigenvalue weighted by atomic mass is 35.5. The van der Waals surface area contributed by atoms with Gasteiger partial charge in [0, 0.05) is 19.1 Å². The Labute approximate surface area is 124 Å². The van der Waals surface area contributed by atoms with Gasteiger partial charge in [-0.1, -0.05) is 25.7 Å². The predicted molar refractivity (Wildman–Crippen MR) is 83.2 cm³/mol.